The molecule has 0 fully saturated rings. The van der Waals surface area contributed by atoms with Crippen LogP contribution in [0.1, 0.15) is 69.7 Å². The van der Waals surface area contributed by atoms with Crippen molar-refractivity contribution in [3.63, 3.8) is 0 Å². The number of carbonyl (C=O) groups excluding carboxylic acids is 2. The Bertz CT molecular complexity index is 1410. The van der Waals surface area contributed by atoms with Gasteiger partial charge in [0.15, 0.2) is 0 Å². The lowest BCUT2D eigenvalue weighted by Gasteiger charge is -2.38. The summed E-state index contributed by atoms with van der Waals surface area (Å²) in [5, 5.41) is 14.3. The Labute approximate surface area is 266 Å². The Morgan fingerprint density at radius 2 is 1.07 bits per heavy atom. The lowest BCUT2D eigenvalue weighted by Crippen LogP contribution is -2.41. The molecule has 0 unspecified atom stereocenters. The Morgan fingerprint density at radius 3 is 1.42 bits per heavy atom. The monoisotopic (exact) mass is 611 g/mol. The van der Waals surface area contributed by atoms with Crippen molar-refractivity contribution in [2.45, 2.75) is 64.2 Å². The molecule has 0 atom stereocenters. The van der Waals surface area contributed by atoms with Crippen molar-refractivity contribution in [1.82, 2.24) is 20.4 Å². The predicted molar refractivity (Wildman–Crippen MR) is 177 cm³/mol. The van der Waals surface area contributed by atoms with Gasteiger partial charge in [-0.2, -0.15) is 5.10 Å². The molecule has 1 aromatic heterocycles. The van der Waals surface area contributed by atoms with E-state index in [-0.39, 0.29) is 19.0 Å². The van der Waals surface area contributed by atoms with Gasteiger partial charge in [0.1, 0.15) is 22.6 Å². The minimum atomic E-state index is -0.811. The number of carbonyl (C=O) groups is 2. The van der Waals surface area contributed by atoms with Crippen molar-refractivity contribution in [2.75, 3.05) is 18.4 Å². The average Bonchev–Trinajstić information content (AvgIpc) is 3.34. The third kappa shape index (κ3) is 8.65. The van der Waals surface area contributed by atoms with Crippen LogP contribution in [0.5, 0.6) is 0 Å². The summed E-state index contributed by atoms with van der Waals surface area (Å²) in [6.45, 7) is 11.2. The molecule has 45 heavy (non-hydrogen) atoms. The molecule has 0 aliphatic heterocycles. The first kappa shape index (κ1) is 33.1. The Kier molecular flexibility index (Phi) is 10.2. The van der Waals surface area contributed by atoms with Crippen molar-refractivity contribution in [2.24, 2.45) is 7.05 Å². The van der Waals surface area contributed by atoms with Gasteiger partial charge >= 0.3 is 12.2 Å². The number of amides is 2. The number of alkyl carbamates (subject to hydrolysis) is 2. The summed E-state index contributed by atoms with van der Waals surface area (Å²) in [6.07, 6.45) is 0.678. The molecule has 9 heteroatoms. The van der Waals surface area contributed by atoms with Gasteiger partial charge in [0.05, 0.1) is 6.20 Å². The van der Waals surface area contributed by atoms with Crippen molar-refractivity contribution in [3.05, 3.63) is 119 Å². The third-order valence-electron chi connectivity index (χ3n) is 7.12. The van der Waals surface area contributed by atoms with E-state index in [1.54, 1.807) is 10.9 Å². The van der Waals surface area contributed by atoms with Crippen LogP contribution in [-0.2, 0) is 22.1 Å². The second-order valence-corrected chi connectivity index (χ2v) is 13.0. The van der Waals surface area contributed by atoms with E-state index in [1.807, 2.05) is 103 Å². The number of ether oxygens (including phenoxy) is 2. The number of rotatable bonds is 10. The molecule has 3 aromatic carbocycles. The average molecular weight is 612 g/mol. The maximum atomic E-state index is 12.7. The molecule has 9 nitrogen and oxygen atoms in total. The SMILES string of the molecule is Cn1ncc(C(CNC(=O)OC(C)(C)C)CNC(=O)OC(C)(C)C)c1NC(c1ccccc1)(c1ccccc1)c1ccccc1. The van der Waals surface area contributed by atoms with Crippen LogP contribution in [-0.4, -0.2) is 46.3 Å². The van der Waals surface area contributed by atoms with Gasteiger partial charge in [0.25, 0.3) is 0 Å². The first-order valence-corrected chi connectivity index (χ1v) is 15.2. The standard InChI is InChI=1S/C36H45N5O4/c1-34(2,3)44-32(42)37-23-26(24-38-33(43)45-35(4,5)6)30-25-39-41(7)31(30)40-36(27-17-11-8-12-18-27,28-19-13-9-14-20-28)29-21-15-10-16-22-29/h8-22,25-26,40H,23-24H2,1-7H3,(H,37,42)(H,38,43). The largest absolute Gasteiger partial charge is 0.444 e. The Balaban J connectivity index is 1.80. The molecule has 0 bridgehead atoms. The van der Waals surface area contributed by atoms with Gasteiger partial charge in [-0.05, 0) is 58.2 Å². The minimum Gasteiger partial charge on any atom is -0.444 e. The molecule has 3 N–H and O–H groups in total. The number of nitrogens with one attached hydrogen (secondary N) is 3. The molecule has 0 saturated carbocycles. The molecule has 2 amide bonds. The summed E-state index contributed by atoms with van der Waals surface area (Å²) >= 11 is 0. The van der Waals surface area contributed by atoms with Crippen LogP contribution in [0.2, 0.25) is 0 Å². The van der Waals surface area contributed by atoms with E-state index in [9.17, 15) is 9.59 Å². The lowest BCUT2D eigenvalue weighted by molar-refractivity contribution is 0.0519. The highest BCUT2D eigenvalue weighted by molar-refractivity contribution is 5.69. The van der Waals surface area contributed by atoms with E-state index >= 15 is 0 Å². The molecule has 0 saturated heterocycles. The molecule has 1 heterocycles. The molecule has 4 rings (SSSR count). The highest BCUT2D eigenvalue weighted by atomic mass is 16.6. The van der Waals surface area contributed by atoms with Crippen molar-refractivity contribution >= 4 is 18.0 Å². The number of nitrogens with zero attached hydrogens (tertiary/aromatic N) is 2. The van der Waals surface area contributed by atoms with Crippen LogP contribution in [0, 0.1) is 0 Å². The van der Waals surface area contributed by atoms with Crippen molar-refractivity contribution in [1.29, 1.82) is 0 Å². The second-order valence-electron chi connectivity index (χ2n) is 13.0. The van der Waals surface area contributed by atoms with Crippen LogP contribution < -0.4 is 16.0 Å². The second kappa shape index (κ2) is 13.9. The fourth-order valence-electron chi connectivity index (χ4n) is 5.20. The third-order valence-corrected chi connectivity index (χ3v) is 7.12. The molecule has 4 aromatic rings. The molecule has 0 radical (unpaired) electrons. The normalized spacial score (nSPS) is 12.0. The fraction of sp³-hybridized carbons (Fsp3) is 0.361. The number of hydrogen-bond donors (Lipinski definition) is 3. The van der Waals surface area contributed by atoms with Crippen LogP contribution >= 0.6 is 0 Å². The van der Waals surface area contributed by atoms with Crippen molar-refractivity contribution in [3.8, 4) is 0 Å². The Morgan fingerprint density at radius 1 is 0.689 bits per heavy atom. The van der Waals surface area contributed by atoms with E-state index in [1.165, 1.54) is 0 Å². The van der Waals surface area contributed by atoms with Gasteiger partial charge in [0, 0.05) is 31.6 Å². The van der Waals surface area contributed by atoms with Gasteiger partial charge in [-0.15, -0.1) is 0 Å². The molecule has 238 valence electrons. The summed E-state index contributed by atoms with van der Waals surface area (Å²) in [5.41, 5.74) is 1.77. The smallest absolute Gasteiger partial charge is 0.407 e. The zero-order valence-electron chi connectivity index (χ0n) is 27.3. The summed E-state index contributed by atoms with van der Waals surface area (Å²) < 4.78 is 12.8. The highest BCUT2D eigenvalue weighted by Gasteiger charge is 2.38. The first-order valence-electron chi connectivity index (χ1n) is 15.2. The zero-order valence-corrected chi connectivity index (χ0v) is 27.3. The van der Waals surface area contributed by atoms with E-state index in [0.29, 0.717) is 0 Å². The van der Waals surface area contributed by atoms with Crippen LogP contribution in [0.3, 0.4) is 0 Å². The summed E-state index contributed by atoms with van der Waals surface area (Å²) in [7, 11) is 1.87. The lowest BCUT2D eigenvalue weighted by atomic mass is 9.76. The van der Waals surface area contributed by atoms with E-state index < -0.39 is 28.9 Å². The number of benzene rings is 3. The highest BCUT2D eigenvalue weighted by Crippen LogP contribution is 2.41. The van der Waals surface area contributed by atoms with Crippen molar-refractivity contribution < 1.29 is 19.1 Å². The number of hydrogen-bond acceptors (Lipinski definition) is 6. The Hall–Kier alpha value is -4.79. The maximum Gasteiger partial charge on any atom is 0.407 e. The summed E-state index contributed by atoms with van der Waals surface area (Å²) in [4.78, 5) is 25.4. The van der Waals surface area contributed by atoms with Gasteiger partial charge in [-0.3, -0.25) is 4.68 Å². The molecular formula is C36H45N5O4. The summed E-state index contributed by atoms with van der Waals surface area (Å²) in [5.74, 6) is 0.342. The molecule has 0 aliphatic carbocycles. The van der Waals surface area contributed by atoms with Gasteiger partial charge in [0.2, 0.25) is 0 Å². The zero-order chi connectivity index (χ0) is 32.7. The quantitative estimate of drug-likeness (QED) is 0.168. The number of anilines is 1. The number of aromatic nitrogens is 2. The predicted octanol–water partition coefficient (Wildman–Crippen LogP) is 6.96. The maximum absolute atomic E-state index is 12.7. The minimum absolute atomic E-state index is 0.181. The number of aryl methyl sites for hydroxylation is 1. The van der Waals surface area contributed by atoms with E-state index in [4.69, 9.17) is 9.47 Å². The van der Waals surface area contributed by atoms with Gasteiger partial charge in [-0.1, -0.05) is 91.0 Å². The molecule has 0 aliphatic rings. The molecule has 0 spiro atoms. The first-order chi connectivity index (χ1) is 21.3. The van der Waals surface area contributed by atoms with E-state index in [2.05, 4.69) is 57.4 Å². The molecular weight excluding hydrogens is 566 g/mol. The van der Waals surface area contributed by atoms with Gasteiger partial charge < -0.3 is 25.4 Å². The van der Waals surface area contributed by atoms with Gasteiger partial charge in [-0.25, -0.2) is 9.59 Å². The van der Waals surface area contributed by atoms with Crippen LogP contribution in [0.4, 0.5) is 15.4 Å². The summed E-state index contributed by atoms with van der Waals surface area (Å²) in [6, 6.07) is 30.8. The van der Waals surface area contributed by atoms with E-state index in [0.717, 1.165) is 28.1 Å². The topological polar surface area (TPSA) is 107 Å². The van der Waals surface area contributed by atoms with Crippen LogP contribution in [0.15, 0.2) is 97.2 Å². The van der Waals surface area contributed by atoms with Crippen LogP contribution in [0.25, 0.3) is 0 Å². The fourth-order valence-corrected chi connectivity index (χ4v) is 5.20.